The van der Waals surface area contributed by atoms with Gasteiger partial charge in [0.15, 0.2) is 5.82 Å². The van der Waals surface area contributed by atoms with Crippen molar-refractivity contribution in [2.75, 3.05) is 19.4 Å². The predicted molar refractivity (Wildman–Crippen MR) is 162 cm³/mol. The number of hydrogen-bond acceptors (Lipinski definition) is 7. The Morgan fingerprint density at radius 2 is 1.76 bits per heavy atom. The molecule has 0 radical (unpaired) electrons. The molecule has 0 aliphatic heterocycles. The van der Waals surface area contributed by atoms with Crippen molar-refractivity contribution < 1.29 is 28.5 Å². The molecular formula is C32H42F2N4O4. The highest BCUT2D eigenvalue weighted by Gasteiger charge is 2.30. The van der Waals surface area contributed by atoms with E-state index in [0.717, 1.165) is 16.8 Å². The van der Waals surface area contributed by atoms with Gasteiger partial charge in [0, 0.05) is 28.9 Å². The average molecular weight is 585 g/mol. The summed E-state index contributed by atoms with van der Waals surface area (Å²) in [4.78, 5) is 14.6. The maximum absolute atomic E-state index is 15.0. The number of nitrogens with zero attached hydrogens (tertiary/aromatic N) is 1. The first-order valence-corrected chi connectivity index (χ1v) is 13.6. The Labute approximate surface area is 246 Å². The number of aliphatic hydroxyl groups is 2. The number of nitrogen functional groups attached to an aromatic ring is 1. The van der Waals surface area contributed by atoms with E-state index in [2.05, 4.69) is 10.3 Å². The Morgan fingerprint density at radius 1 is 1.17 bits per heavy atom. The Kier molecular flexibility index (Phi) is 12.4. The first-order valence-electron chi connectivity index (χ1n) is 13.6. The molecule has 1 amide bonds. The fourth-order valence-corrected chi connectivity index (χ4v) is 4.10. The molecular weight excluding hydrogens is 542 g/mol. The third kappa shape index (κ3) is 9.81. The Bertz CT molecular complexity index is 1380. The number of hydrogen-bond donors (Lipinski definition) is 5. The molecule has 1 saturated carbocycles. The number of allylic oxidation sites excluding steroid dienone is 1. The van der Waals surface area contributed by atoms with E-state index in [1.807, 2.05) is 32.1 Å². The van der Waals surface area contributed by atoms with Crippen LogP contribution in [0.4, 0.5) is 14.5 Å². The lowest BCUT2D eigenvalue weighted by Gasteiger charge is -2.25. The SMILES string of the molecule is C1CC1.COc1cc(C)cc(/C=C(/C)N)c1N.Cc1c(C(O)CNC=O)nc(-c2ccc(F)cc2)c(F)c1C(C)(C)O. The lowest BCUT2D eigenvalue weighted by atomic mass is 9.89. The quantitative estimate of drug-likeness (QED) is 0.176. The maximum Gasteiger partial charge on any atom is 0.207 e. The zero-order chi connectivity index (χ0) is 31.6. The van der Waals surface area contributed by atoms with Gasteiger partial charge >= 0.3 is 0 Å². The standard InChI is InChI=1S/C18H20F2N2O3.C11H16N2O.C3H6/c1-10-14(18(2,3)25)15(20)17(11-4-6-12(19)7-5-11)22-16(10)13(24)8-21-9-23;1-7-4-9(6-8(2)12)11(13)10(5-7)14-3;1-2-3-1/h4-7,9,13,24-25H,8H2,1-3H3,(H,21,23);4-6H,12-13H2,1-3H3;1-3H2/b;8-6-;. The number of ether oxygens (including phenoxy) is 1. The number of aliphatic hydroxyl groups excluding tert-OH is 1. The van der Waals surface area contributed by atoms with Crippen molar-refractivity contribution in [1.82, 2.24) is 10.3 Å². The summed E-state index contributed by atoms with van der Waals surface area (Å²) in [6, 6.07) is 8.95. The average Bonchev–Trinajstić information content (AvgIpc) is 3.79. The van der Waals surface area contributed by atoms with Gasteiger partial charge in [-0.2, -0.15) is 0 Å². The van der Waals surface area contributed by atoms with Crippen LogP contribution in [0.15, 0.2) is 42.1 Å². The molecule has 1 heterocycles. The van der Waals surface area contributed by atoms with Crippen LogP contribution in [0.1, 0.15) is 74.1 Å². The second-order valence-electron chi connectivity index (χ2n) is 10.7. The van der Waals surface area contributed by atoms with Crippen LogP contribution >= 0.6 is 0 Å². The number of benzene rings is 2. The maximum atomic E-state index is 15.0. The number of carbonyl (C=O) groups excluding carboxylic acids is 1. The molecule has 1 unspecified atom stereocenters. The highest BCUT2D eigenvalue weighted by molar-refractivity contribution is 5.72. The number of nitrogens with two attached hydrogens (primary N) is 2. The van der Waals surface area contributed by atoms with Gasteiger partial charge < -0.3 is 31.7 Å². The van der Waals surface area contributed by atoms with Gasteiger partial charge in [-0.05, 0) is 88.2 Å². The van der Waals surface area contributed by atoms with Gasteiger partial charge in [-0.3, -0.25) is 4.79 Å². The van der Waals surface area contributed by atoms with Crippen LogP contribution in [0, 0.1) is 25.5 Å². The van der Waals surface area contributed by atoms with Crippen LogP contribution in [0.3, 0.4) is 0 Å². The fraction of sp³-hybridized carbons (Fsp3) is 0.375. The third-order valence-corrected chi connectivity index (χ3v) is 6.13. The van der Waals surface area contributed by atoms with E-state index >= 15 is 4.39 Å². The normalized spacial score (nSPS) is 13.1. The third-order valence-electron chi connectivity index (χ3n) is 6.13. The second kappa shape index (κ2) is 15.3. The molecule has 0 bridgehead atoms. The van der Waals surface area contributed by atoms with Crippen molar-refractivity contribution in [2.24, 2.45) is 5.73 Å². The van der Waals surface area contributed by atoms with Gasteiger partial charge in [0.05, 0.1) is 24.1 Å². The van der Waals surface area contributed by atoms with E-state index in [4.69, 9.17) is 16.2 Å². The molecule has 0 spiro atoms. The van der Waals surface area contributed by atoms with E-state index in [1.165, 1.54) is 64.3 Å². The Morgan fingerprint density at radius 3 is 2.24 bits per heavy atom. The van der Waals surface area contributed by atoms with Crippen LogP contribution in [0.5, 0.6) is 5.75 Å². The zero-order valence-corrected chi connectivity index (χ0v) is 25.1. The molecule has 1 fully saturated rings. The molecule has 1 aliphatic rings. The van der Waals surface area contributed by atoms with Crippen molar-refractivity contribution >= 4 is 18.2 Å². The van der Waals surface area contributed by atoms with Crippen LogP contribution in [-0.2, 0) is 10.4 Å². The minimum Gasteiger partial charge on any atom is -0.495 e. The van der Waals surface area contributed by atoms with Gasteiger partial charge in [0.25, 0.3) is 0 Å². The first kappa shape index (κ1) is 34.2. The van der Waals surface area contributed by atoms with Crippen molar-refractivity contribution in [3.63, 3.8) is 0 Å². The summed E-state index contributed by atoms with van der Waals surface area (Å²) in [5, 5.41) is 23.0. The number of rotatable bonds is 8. The highest BCUT2D eigenvalue weighted by atomic mass is 19.1. The number of pyridine rings is 1. The zero-order valence-electron chi connectivity index (χ0n) is 25.1. The number of methoxy groups -OCH3 is 1. The van der Waals surface area contributed by atoms with Crippen LogP contribution in [-0.4, -0.2) is 35.3 Å². The number of aryl methyl sites for hydroxylation is 1. The number of anilines is 1. The fourth-order valence-electron chi connectivity index (χ4n) is 4.10. The number of amides is 1. The van der Waals surface area contributed by atoms with Gasteiger partial charge in [0.1, 0.15) is 23.4 Å². The number of halogens is 2. The van der Waals surface area contributed by atoms with Crippen molar-refractivity contribution in [1.29, 1.82) is 0 Å². The summed E-state index contributed by atoms with van der Waals surface area (Å²) in [5.41, 5.74) is 13.9. The summed E-state index contributed by atoms with van der Waals surface area (Å²) >= 11 is 0. The topological polar surface area (TPSA) is 144 Å². The van der Waals surface area contributed by atoms with E-state index < -0.39 is 23.3 Å². The molecule has 1 aliphatic carbocycles. The summed E-state index contributed by atoms with van der Waals surface area (Å²) in [6.07, 6.45) is 5.58. The highest BCUT2D eigenvalue weighted by Crippen LogP contribution is 2.35. The first-order chi connectivity index (χ1) is 19.7. The minimum absolute atomic E-state index is 0.0121. The van der Waals surface area contributed by atoms with Crippen LogP contribution < -0.4 is 21.5 Å². The molecule has 4 rings (SSSR count). The molecule has 3 aromatic rings. The molecule has 2 aromatic carbocycles. The molecule has 10 heteroatoms. The van der Waals surface area contributed by atoms with E-state index in [1.54, 1.807) is 7.11 Å². The van der Waals surface area contributed by atoms with Crippen LogP contribution in [0.2, 0.25) is 0 Å². The molecule has 0 saturated heterocycles. The van der Waals surface area contributed by atoms with Crippen molar-refractivity contribution in [2.45, 2.75) is 65.6 Å². The summed E-state index contributed by atoms with van der Waals surface area (Å²) in [6.45, 7) is 8.09. The van der Waals surface area contributed by atoms with E-state index in [0.29, 0.717) is 23.4 Å². The molecule has 7 N–H and O–H groups in total. The lowest BCUT2D eigenvalue weighted by Crippen LogP contribution is -2.26. The minimum atomic E-state index is -1.53. The van der Waals surface area contributed by atoms with E-state index in [9.17, 15) is 19.4 Å². The number of carbonyl (C=O) groups is 1. The molecule has 42 heavy (non-hydrogen) atoms. The number of aromatic nitrogens is 1. The predicted octanol–water partition coefficient (Wildman–Crippen LogP) is 5.42. The van der Waals surface area contributed by atoms with Gasteiger partial charge in [-0.1, -0.05) is 19.3 Å². The monoisotopic (exact) mass is 584 g/mol. The molecule has 1 atom stereocenters. The van der Waals surface area contributed by atoms with Crippen molar-refractivity contribution in [3.05, 3.63) is 81.7 Å². The summed E-state index contributed by atoms with van der Waals surface area (Å²) in [5.74, 6) is -0.525. The summed E-state index contributed by atoms with van der Waals surface area (Å²) in [7, 11) is 1.61. The van der Waals surface area contributed by atoms with E-state index in [-0.39, 0.29) is 29.1 Å². The smallest absolute Gasteiger partial charge is 0.207 e. The Hall–Kier alpha value is -4.02. The van der Waals surface area contributed by atoms with Gasteiger partial charge in [-0.25, -0.2) is 13.8 Å². The molecule has 8 nitrogen and oxygen atoms in total. The number of nitrogens with one attached hydrogen (secondary N) is 1. The largest absolute Gasteiger partial charge is 0.495 e. The Balaban J connectivity index is 0.000000302. The lowest BCUT2D eigenvalue weighted by molar-refractivity contribution is -0.110. The van der Waals surface area contributed by atoms with Gasteiger partial charge in [-0.15, -0.1) is 0 Å². The van der Waals surface area contributed by atoms with Crippen LogP contribution in [0.25, 0.3) is 17.3 Å². The van der Waals surface area contributed by atoms with Gasteiger partial charge in [0.2, 0.25) is 6.41 Å². The second-order valence-corrected chi connectivity index (χ2v) is 10.7. The molecule has 228 valence electrons. The molecule has 1 aromatic heterocycles. The summed E-state index contributed by atoms with van der Waals surface area (Å²) < 4.78 is 33.3. The van der Waals surface area contributed by atoms with Crippen molar-refractivity contribution in [3.8, 4) is 17.0 Å².